The van der Waals surface area contributed by atoms with Gasteiger partial charge in [0.25, 0.3) is 5.91 Å². The molecule has 1 radical (unpaired) electrons. The zero-order chi connectivity index (χ0) is 24.2. The van der Waals surface area contributed by atoms with Crippen molar-refractivity contribution in [3.05, 3.63) is 41.5 Å². The van der Waals surface area contributed by atoms with E-state index in [1.807, 2.05) is 6.07 Å². The summed E-state index contributed by atoms with van der Waals surface area (Å²) in [7, 11) is 1.48. The molecular weight excluding hydrogens is 444 g/mol. The van der Waals surface area contributed by atoms with Crippen LogP contribution < -0.4 is 25.0 Å². The lowest BCUT2D eigenvalue weighted by Gasteiger charge is -2.25. The van der Waals surface area contributed by atoms with E-state index in [0.717, 1.165) is 24.3 Å². The van der Waals surface area contributed by atoms with Crippen LogP contribution in [0.2, 0.25) is 0 Å². The lowest BCUT2D eigenvalue weighted by atomic mass is 9.85. The average Bonchev–Trinajstić information content (AvgIpc) is 3.21. The number of nitrogens with zero attached hydrogens (tertiary/aromatic N) is 1. The number of aromatic hydroxyl groups is 1. The van der Waals surface area contributed by atoms with Crippen LogP contribution in [0, 0.1) is 11.3 Å². The molecule has 1 heterocycles. The molecule has 8 nitrogen and oxygen atoms in total. The zero-order valence-corrected chi connectivity index (χ0v) is 17.7. The Bertz CT molecular complexity index is 1070. The number of carbonyl (C=O) groups excluding carboxylic acids is 1. The van der Waals surface area contributed by atoms with Gasteiger partial charge < -0.3 is 29.3 Å². The number of nitriles is 1. The summed E-state index contributed by atoms with van der Waals surface area (Å²) in [6.07, 6.45) is -4.85. The molecule has 173 valence electrons. The van der Waals surface area contributed by atoms with Crippen molar-refractivity contribution in [2.75, 3.05) is 13.2 Å². The quantitative estimate of drug-likeness (QED) is 0.580. The molecule has 1 unspecified atom stereocenters. The molecule has 1 atom stereocenters. The maximum atomic E-state index is 12.5. The first-order valence-electron chi connectivity index (χ1n) is 9.74. The van der Waals surface area contributed by atoms with E-state index in [9.17, 15) is 28.3 Å². The molecule has 0 saturated heterocycles. The molecule has 0 aliphatic carbocycles. The fourth-order valence-corrected chi connectivity index (χ4v) is 3.03. The van der Waals surface area contributed by atoms with E-state index < -0.39 is 23.6 Å². The predicted molar refractivity (Wildman–Crippen MR) is 110 cm³/mol. The van der Waals surface area contributed by atoms with E-state index >= 15 is 0 Å². The van der Waals surface area contributed by atoms with Crippen LogP contribution >= 0.6 is 0 Å². The van der Waals surface area contributed by atoms with Gasteiger partial charge in [-0.1, -0.05) is 0 Å². The van der Waals surface area contributed by atoms with Crippen LogP contribution in [-0.2, 0) is 11.3 Å². The topological polar surface area (TPSA) is 110 Å². The summed E-state index contributed by atoms with van der Waals surface area (Å²) < 4.78 is 57.2. The van der Waals surface area contributed by atoms with Crippen LogP contribution in [0.15, 0.2) is 30.3 Å². The second kappa shape index (κ2) is 9.50. The van der Waals surface area contributed by atoms with Gasteiger partial charge in [0.15, 0.2) is 17.0 Å². The minimum Gasteiger partial charge on any atom is -0.504 e. The highest BCUT2D eigenvalue weighted by molar-refractivity contribution is 6.50. The third-order valence-corrected chi connectivity index (χ3v) is 4.56. The summed E-state index contributed by atoms with van der Waals surface area (Å²) in [6.45, 7) is 3.33. The molecule has 1 aliphatic heterocycles. The van der Waals surface area contributed by atoms with Gasteiger partial charge in [0.05, 0.1) is 19.3 Å². The highest BCUT2D eigenvalue weighted by Gasteiger charge is 2.32. The number of nitrogens with one attached hydrogen (secondary N) is 1. The monoisotopic (exact) mass is 463 g/mol. The number of rotatable bonds is 8. The molecule has 2 N–H and O–H groups in total. The third-order valence-electron chi connectivity index (χ3n) is 4.56. The van der Waals surface area contributed by atoms with E-state index in [1.165, 1.54) is 20.5 Å². The minimum absolute atomic E-state index is 0.00753. The molecule has 0 fully saturated rings. The van der Waals surface area contributed by atoms with Crippen molar-refractivity contribution in [1.29, 1.82) is 5.26 Å². The van der Waals surface area contributed by atoms with E-state index in [4.69, 9.17) is 14.1 Å². The molecule has 33 heavy (non-hydrogen) atoms. The lowest BCUT2D eigenvalue weighted by molar-refractivity contribution is -0.274. The number of halogens is 3. The Kier molecular flexibility index (Phi) is 6.93. The molecule has 2 aromatic carbocycles. The predicted octanol–water partition coefficient (Wildman–Crippen LogP) is 2.56. The zero-order valence-electron chi connectivity index (χ0n) is 17.7. The smallest absolute Gasteiger partial charge is 0.504 e. The standard InChI is InChI=1S/C21H19BF3N2O6/c1-3-30-18-16-13(9-32-22-16)8-15(28)17(18)31-11-20(2,10-26)27-19(29)12-4-6-14(7-5-12)33-21(23,24)25/h4-8,28H,3,9,11H2,1-2H3,(H,27,29). The number of fused-ring (bicyclic) bond motifs is 1. The van der Waals surface area contributed by atoms with E-state index in [1.54, 1.807) is 6.92 Å². The highest BCUT2D eigenvalue weighted by Crippen LogP contribution is 2.38. The molecule has 0 spiro atoms. The summed E-state index contributed by atoms with van der Waals surface area (Å²) in [5.74, 6) is -1.19. The molecule has 1 amide bonds. The van der Waals surface area contributed by atoms with Crippen molar-refractivity contribution in [3.63, 3.8) is 0 Å². The maximum absolute atomic E-state index is 12.5. The lowest BCUT2D eigenvalue weighted by Crippen LogP contribution is -2.49. The Morgan fingerprint density at radius 2 is 1.97 bits per heavy atom. The van der Waals surface area contributed by atoms with Crippen LogP contribution in [0.5, 0.6) is 23.0 Å². The van der Waals surface area contributed by atoms with Crippen LogP contribution in [0.25, 0.3) is 0 Å². The van der Waals surface area contributed by atoms with Gasteiger partial charge in [-0.3, -0.25) is 4.79 Å². The SMILES string of the molecule is CCOc1c2c(cc(O)c1OCC(C)(C#N)NC(=O)c1ccc(OC(F)(F)F)cc1)CO[B]2. The van der Waals surface area contributed by atoms with Gasteiger partial charge in [-0.2, -0.15) is 5.26 Å². The summed E-state index contributed by atoms with van der Waals surface area (Å²) in [5, 5.41) is 22.5. The number of amides is 1. The second-order valence-corrected chi connectivity index (χ2v) is 7.25. The number of hydrogen-bond donors (Lipinski definition) is 2. The number of hydrogen-bond acceptors (Lipinski definition) is 7. The van der Waals surface area contributed by atoms with Crippen molar-refractivity contribution >= 4 is 18.9 Å². The molecule has 1 aliphatic rings. The van der Waals surface area contributed by atoms with Gasteiger partial charge in [-0.05, 0) is 55.2 Å². The first kappa shape index (κ1) is 24.1. The Hall–Kier alpha value is -3.59. The highest BCUT2D eigenvalue weighted by atomic mass is 19.4. The Balaban J connectivity index is 1.73. The summed E-state index contributed by atoms with van der Waals surface area (Å²) in [4.78, 5) is 12.5. The molecular formula is C21H19BF3N2O6. The fraction of sp³-hybridized carbons (Fsp3) is 0.333. The molecule has 2 aromatic rings. The first-order valence-corrected chi connectivity index (χ1v) is 9.74. The molecule has 0 aromatic heterocycles. The Labute approximate surface area is 188 Å². The van der Waals surface area contributed by atoms with Crippen LogP contribution in [0.1, 0.15) is 29.8 Å². The van der Waals surface area contributed by atoms with E-state index in [0.29, 0.717) is 11.0 Å². The number of phenolic OH excluding ortho intramolecular Hbond substituents is 1. The van der Waals surface area contributed by atoms with Gasteiger partial charge in [-0.15, -0.1) is 13.2 Å². The number of ether oxygens (including phenoxy) is 3. The van der Waals surface area contributed by atoms with Gasteiger partial charge in [0, 0.05) is 5.56 Å². The Morgan fingerprint density at radius 1 is 1.27 bits per heavy atom. The van der Waals surface area contributed by atoms with Crippen molar-refractivity contribution < 1.29 is 41.9 Å². The van der Waals surface area contributed by atoms with Crippen LogP contribution in [0.4, 0.5) is 13.2 Å². The maximum Gasteiger partial charge on any atom is 0.573 e. The van der Waals surface area contributed by atoms with Crippen LogP contribution in [-0.4, -0.2) is 43.6 Å². The fourth-order valence-electron chi connectivity index (χ4n) is 3.03. The Morgan fingerprint density at radius 3 is 2.58 bits per heavy atom. The van der Waals surface area contributed by atoms with Gasteiger partial charge in [0.2, 0.25) is 5.75 Å². The third kappa shape index (κ3) is 5.81. The normalized spacial score (nSPS) is 14.3. The first-order chi connectivity index (χ1) is 15.5. The summed E-state index contributed by atoms with van der Waals surface area (Å²) in [5.41, 5.74) is -0.229. The van der Waals surface area contributed by atoms with Crippen molar-refractivity contribution in [2.45, 2.75) is 32.4 Å². The van der Waals surface area contributed by atoms with Crippen LogP contribution in [0.3, 0.4) is 0 Å². The average molecular weight is 463 g/mol. The van der Waals surface area contributed by atoms with Gasteiger partial charge >= 0.3 is 13.8 Å². The van der Waals surface area contributed by atoms with E-state index in [-0.39, 0.29) is 42.6 Å². The van der Waals surface area contributed by atoms with Crippen molar-refractivity contribution in [3.8, 4) is 29.1 Å². The molecule has 3 rings (SSSR count). The summed E-state index contributed by atoms with van der Waals surface area (Å²) in [6, 6.07) is 7.62. The van der Waals surface area contributed by atoms with Gasteiger partial charge in [0.1, 0.15) is 12.4 Å². The van der Waals surface area contributed by atoms with Crippen molar-refractivity contribution in [2.24, 2.45) is 0 Å². The summed E-state index contributed by atoms with van der Waals surface area (Å²) >= 11 is 0. The van der Waals surface area contributed by atoms with Crippen molar-refractivity contribution in [1.82, 2.24) is 5.32 Å². The molecule has 12 heteroatoms. The largest absolute Gasteiger partial charge is 0.573 e. The van der Waals surface area contributed by atoms with Gasteiger partial charge in [-0.25, -0.2) is 0 Å². The number of carbonyl (C=O) groups is 1. The number of alkyl halides is 3. The second-order valence-electron chi connectivity index (χ2n) is 7.25. The van der Waals surface area contributed by atoms with E-state index in [2.05, 4.69) is 10.1 Å². The molecule has 0 bridgehead atoms. The minimum atomic E-state index is -4.85. The number of benzene rings is 2. The molecule has 0 saturated carbocycles. The number of phenols is 1.